The number of pyridine rings is 1. The lowest BCUT2D eigenvalue weighted by Gasteiger charge is -2.22. The fourth-order valence-corrected chi connectivity index (χ4v) is 4.88. The standard InChI is InChI=1S/C16H23N3O3S/c20-16(18-13-7-10-23(21,22)12-13)15-6-5-14(11-17-15)19-8-3-1-2-4-9-19/h5-6,11,13H,1-4,7-10,12H2,(H,18,20). The Balaban J connectivity index is 1.61. The van der Waals surface area contributed by atoms with Crippen molar-refractivity contribution in [1.29, 1.82) is 0 Å². The normalized spacial score (nSPS) is 24.2. The van der Waals surface area contributed by atoms with E-state index in [4.69, 9.17) is 0 Å². The van der Waals surface area contributed by atoms with Crippen molar-refractivity contribution in [3.05, 3.63) is 24.0 Å². The average Bonchev–Trinajstić information content (AvgIpc) is 2.75. The highest BCUT2D eigenvalue weighted by atomic mass is 32.2. The summed E-state index contributed by atoms with van der Waals surface area (Å²) in [4.78, 5) is 18.7. The summed E-state index contributed by atoms with van der Waals surface area (Å²) in [5.74, 6) is -0.112. The highest BCUT2D eigenvalue weighted by Crippen LogP contribution is 2.19. The van der Waals surface area contributed by atoms with Crippen LogP contribution < -0.4 is 10.2 Å². The molecule has 2 aliphatic rings. The van der Waals surface area contributed by atoms with Gasteiger partial charge >= 0.3 is 0 Å². The van der Waals surface area contributed by atoms with Gasteiger partial charge in [-0.3, -0.25) is 4.79 Å². The second kappa shape index (κ2) is 6.86. The van der Waals surface area contributed by atoms with Crippen LogP contribution in [0.3, 0.4) is 0 Å². The summed E-state index contributed by atoms with van der Waals surface area (Å²) in [7, 11) is -2.99. The van der Waals surface area contributed by atoms with Crippen molar-refractivity contribution < 1.29 is 13.2 Å². The predicted octanol–water partition coefficient (Wildman–Crippen LogP) is 1.38. The minimum Gasteiger partial charge on any atom is -0.370 e. The van der Waals surface area contributed by atoms with Crippen LogP contribution in [0.5, 0.6) is 0 Å². The lowest BCUT2D eigenvalue weighted by Crippen LogP contribution is -2.36. The van der Waals surface area contributed by atoms with Crippen molar-refractivity contribution in [2.24, 2.45) is 0 Å². The molecule has 1 aromatic heterocycles. The van der Waals surface area contributed by atoms with E-state index in [2.05, 4.69) is 15.2 Å². The van der Waals surface area contributed by atoms with E-state index in [0.717, 1.165) is 18.8 Å². The number of nitrogens with one attached hydrogen (secondary N) is 1. The summed E-state index contributed by atoms with van der Waals surface area (Å²) >= 11 is 0. The van der Waals surface area contributed by atoms with Crippen molar-refractivity contribution in [2.45, 2.75) is 38.1 Å². The van der Waals surface area contributed by atoms with Crippen molar-refractivity contribution >= 4 is 21.4 Å². The van der Waals surface area contributed by atoms with Crippen LogP contribution in [-0.2, 0) is 9.84 Å². The number of hydrogen-bond acceptors (Lipinski definition) is 5. The Labute approximate surface area is 137 Å². The van der Waals surface area contributed by atoms with Gasteiger partial charge in [-0.1, -0.05) is 12.8 Å². The summed E-state index contributed by atoms with van der Waals surface area (Å²) in [5, 5.41) is 2.77. The number of amides is 1. The quantitative estimate of drug-likeness (QED) is 0.901. The first-order valence-corrected chi connectivity index (χ1v) is 10.1. The molecule has 1 amide bonds. The molecular formula is C16H23N3O3S. The third-order valence-electron chi connectivity index (χ3n) is 4.52. The molecule has 7 heteroatoms. The Morgan fingerprint density at radius 1 is 1.17 bits per heavy atom. The van der Waals surface area contributed by atoms with Gasteiger partial charge < -0.3 is 10.2 Å². The monoisotopic (exact) mass is 337 g/mol. The SMILES string of the molecule is O=C(NC1CCS(=O)(=O)C1)c1ccc(N2CCCCCC2)cn1. The number of aromatic nitrogens is 1. The van der Waals surface area contributed by atoms with Crippen molar-refractivity contribution in [3.8, 4) is 0 Å². The minimum absolute atomic E-state index is 0.0323. The molecule has 0 aromatic carbocycles. The number of anilines is 1. The molecule has 0 spiro atoms. The zero-order valence-corrected chi connectivity index (χ0v) is 14.0. The molecule has 1 unspecified atom stereocenters. The highest BCUT2D eigenvalue weighted by molar-refractivity contribution is 7.91. The lowest BCUT2D eigenvalue weighted by atomic mass is 10.2. The van der Waals surface area contributed by atoms with Gasteiger partial charge in [0.2, 0.25) is 0 Å². The summed E-state index contributed by atoms with van der Waals surface area (Å²) in [5.41, 5.74) is 1.39. The predicted molar refractivity (Wildman–Crippen MR) is 89.4 cm³/mol. The van der Waals surface area contributed by atoms with Gasteiger partial charge in [-0.15, -0.1) is 0 Å². The first-order chi connectivity index (χ1) is 11.0. The third kappa shape index (κ3) is 4.22. The van der Waals surface area contributed by atoms with Crippen LogP contribution in [-0.4, -0.2) is 49.9 Å². The fraction of sp³-hybridized carbons (Fsp3) is 0.625. The number of nitrogens with zero attached hydrogens (tertiary/aromatic N) is 2. The first-order valence-electron chi connectivity index (χ1n) is 8.26. The van der Waals surface area contributed by atoms with Gasteiger partial charge in [0, 0.05) is 19.1 Å². The molecule has 1 atom stereocenters. The number of carbonyl (C=O) groups is 1. The van der Waals surface area contributed by atoms with Gasteiger partial charge in [-0.2, -0.15) is 0 Å². The molecule has 3 rings (SSSR count). The number of sulfone groups is 1. The smallest absolute Gasteiger partial charge is 0.270 e. The summed E-state index contributed by atoms with van der Waals surface area (Å²) < 4.78 is 22.9. The van der Waals surface area contributed by atoms with E-state index in [9.17, 15) is 13.2 Å². The molecule has 0 aliphatic carbocycles. The van der Waals surface area contributed by atoms with Crippen LogP contribution in [0, 0.1) is 0 Å². The molecule has 1 N–H and O–H groups in total. The van der Waals surface area contributed by atoms with Crippen LogP contribution in [0.1, 0.15) is 42.6 Å². The van der Waals surface area contributed by atoms with Crippen molar-refractivity contribution in [2.75, 3.05) is 29.5 Å². The highest BCUT2D eigenvalue weighted by Gasteiger charge is 2.29. The van der Waals surface area contributed by atoms with Crippen LogP contribution >= 0.6 is 0 Å². The number of hydrogen-bond donors (Lipinski definition) is 1. The van der Waals surface area contributed by atoms with E-state index in [0.29, 0.717) is 12.1 Å². The number of carbonyl (C=O) groups excluding carboxylic acids is 1. The maximum absolute atomic E-state index is 12.2. The zero-order chi connectivity index (χ0) is 16.3. The molecule has 6 nitrogen and oxygen atoms in total. The molecule has 126 valence electrons. The molecule has 2 aliphatic heterocycles. The third-order valence-corrected chi connectivity index (χ3v) is 6.29. The van der Waals surface area contributed by atoms with E-state index in [1.807, 2.05) is 6.07 Å². The topological polar surface area (TPSA) is 79.4 Å². The Hall–Kier alpha value is -1.63. The second-order valence-corrected chi connectivity index (χ2v) is 8.61. The van der Waals surface area contributed by atoms with Gasteiger partial charge in [-0.05, 0) is 31.4 Å². The van der Waals surface area contributed by atoms with Crippen LogP contribution in [0.2, 0.25) is 0 Å². The second-order valence-electron chi connectivity index (χ2n) is 6.38. The van der Waals surface area contributed by atoms with Crippen molar-refractivity contribution in [3.63, 3.8) is 0 Å². The van der Waals surface area contributed by atoms with Gasteiger partial charge in [0.05, 0.1) is 23.4 Å². The van der Waals surface area contributed by atoms with E-state index in [1.54, 1.807) is 12.3 Å². The first kappa shape index (κ1) is 16.2. The van der Waals surface area contributed by atoms with Gasteiger partial charge in [0.25, 0.3) is 5.91 Å². The average molecular weight is 337 g/mol. The zero-order valence-electron chi connectivity index (χ0n) is 13.2. The Kier molecular flexibility index (Phi) is 4.84. The van der Waals surface area contributed by atoms with Gasteiger partial charge in [0.15, 0.2) is 9.84 Å². The van der Waals surface area contributed by atoms with E-state index < -0.39 is 9.84 Å². The fourth-order valence-electron chi connectivity index (χ4n) is 3.20. The Morgan fingerprint density at radius 3 is 2.48 bits per heavy atom. The van der Waals surface area contributed by atoms with Crippen molar-refractivity contribution in [1.82, 2.24) is 10.3 Å². The summed E-state index contributed by atoms with van der Waals surface area (Å²) in [6, 6.07) is 3.36. The molecule has 1 aromatic rings. The molecule has 23 heavy (non-hydrogen) atoms. The van der Waals surface area contributed by atoms with E-state index in [1.165, 1.54) is 25.7 Å². The molecule has 2 saturated heterocycles. The van der Waals surface area contributed by atoms with Crippen LogP contribution in [0.25, 0.3) is 0 Å². The van der Waals surface area contributed by atoms with Crippen LogP contribution in [0.15, 0.2) is 18.3 Å². The molecule has 0 bridgehead atoms. The largest absolute Gasteiger partial charge is 0.370 e. The molecule has 0 saturated carbocycles. The molecular weight excluding hydrogens is 314 g/mol. The lowest BCUT2D eigenvalue weighted by molar-refractivity contribution is 0.0936. The summed E-state index contributed by atoms with van der Waals surface area (Å²) in [6.07, 6.45) is 7.16. The van der Waals surface area contributed by atoms with E-state index >= 15 is 0 Å². The minimum atomic E-state index is -2.99. The number of rotatable bonds is 3. The van der Waals surface area contributed by atoms with Gasteiger partial charge in [0.1, 0.15) is 5.69 Å². The van der Waals surface area contributed by atoms with Crippen LogP contribution in [0.4, 0.5) is 5.69 Å². The molecule has 2 fully saturated rings. The van der Waals surface area contributed by atoms with E-state index in [-0.39, 0.29) is 23.5 Å². The van der Waals surface area contributed by atoms with Gasteiger partial charge in [-0.25, -0.2) is 13.4 Å². The Morgan fingerprint density at radius 2 is 1.91 bits per heavy atom. The maximum Gasteiger partial charge on any atom is 0.270 e. The molecule has 3 heterocycles. The Bertz CT molecular complexity index is 650. The molecule has 0 radical (unpaired) electrons. The maximum atomic E-state index is 12.2. The summed E-state index contributed by atoms with van der Waals surface area (Å²) in [6.45, 7) is 2.07.